The fourth-order valence-electron chi connectivity index (χ4n) is 2.59. The molecule has 0 saturated carbocycles. The summed E-state index contributed by atoms with van der Waals surface area (Å²) in [4.78, 5) is -2.38. The summed E-state index contributed by atoms with van der Waals surface area (Å²) in [6.45, 7) is 3.88. The van der Waals surface area contributed by atoms with Gasteiger partial charge in [0, 0.05) is 0 Å². The molecule has 0 aromatic heterocycles. The summed E-state index contributed by atoms with van der Waals surface area (Å²) in [5.41, 5.74) is -3.60. The number of benzene rings is 2. The van der Waals surface area contributed by atoms with Crippen LogP contribution in [0.3, 0.4) is 0 Å². The summed E-state index contributed by atoms with van der Waals surface area (Å²) < 4.78 is 118. The Balaban J connectivity index is 2.62. The molecule has 1 unspecified atom stereocenters. The summed E-state index contributed by atoms with van der Waals surface area (Å²) in [5.74, 6) is -0.788. The molecule has 2 aromatic carbocycles. The van der Waals surface area contributed by atoms with E-state index in [1.807, 2.05) is 13.8 Å². The van der Waals surface area contributed by atoms with E-state index in [-0.39, 0.29) is 23.8 Å². The second-order valence-electron chi connectivity index (χ2n) is 6.28. The molecule has 4 nitrogen and oxygen atoms in total. The predicted octanol–water partition coefficient (Wildman–Crippen LogP) is 5.93. The highest BCUT2D eigenvalue weighted by molar-refractivity contribution is 7.85. The van der Waals surface area contributed by atoms with Crippen molar-refractivity contribution in [2.75, 3.05) is 0 Å². The van der Waals surface area contributed by atoms with E-state index in [2.05, 4.69) is 0 Å². The van der Waals surface area contributed by atoms with Crippen molar-refractivity contribution in [3.8, 4) is 11.5 Å². The molecular weight excluding hydrogens is 426 g/mol. The molecule has 2 aromatic rings. The van der Waals surface area contributed by atoms with Gasteiger partial charge in [0.1, 0.15) is 21.6 Å². The molecule has 0 aliphatic rings. The van der Waals surface area contributed by atoms with Crippen LogP contribution >= 0.6 is 0 Å². The first-order valence-corrected chi connectivity index (χ1v) is 9.61. The van der Waals surface area contributed by atoms with Gasteiger partial charge < -0.3 is 9.29 Å². The highest BCUT2D eigenvalue weighted by Crippen LogP contribution is 2.44. The Morgan fingerprint density at radius 1 is 0.931 bits per heavy atom. The largest absolute Gasteiger partial charge is 0.744 e. The van der Waals surface area contributed by atoms with Crippen molar-refractivity contribution in [2.24, 2.45) is 0 Å². The van der Waals surface area contributed by atoms with E-state index in [9.17, 15) is 39.3 Å². The van der Waals surface area contributed by atoms with E-state index >= 15 is 0 Å². The normalized spacial score (nSPS) is 14.0. The van der Waals surface area contributed by atoms with E-state index < -0.39 is 44.2 Å². The molecule has 0 radical (unpaired) electrons. The lowest BCUT2D eigenvalue weighted by Crippen LogP contribution is -2.20. The van der Waals surface area contributed by atoms with Crippen LogP contribution in [-0.2, 0) is 22.5 Å². The molecule has 0 spiro atoms. The first-order valence-electron chi connectivity index (χ1n) is 8.20. The van der Waals surface area contributed by atoms with Gasteiger partial charge in [-0.3, -0.25) is 0 Å². The molecule has 160 valence electrons. The maximum atomic E-state index is 13.2. The number of hydrogen-bond acceptors (Lipinski definition) is 4. The summed E-state index contributed by atoms with van der Waals surface area (Å²) in [7, 11) is -6.08. The second-order valence-corrected chi connectivity index (χ2v) is 7.59. The molecule has 0 saturated heterocycles. The van der Waals surface area contributed by atoms with Crippen LogP contribution in [-0.4, -0.2) is 13.0 Å². The lowest BCUT2D eigenvalue weighted by molar-refractivity contribution is -0.147. The summed E-state index contributed by atoms with van der Waals surface area (Å²) in [6, 6.07) is 6.05. The van der Waals surface area contributed by atoms with Crippen LogP contribution in [0.2, 0.25) is 0 Å². The fourth-order valence-corrected chi connectivity index (χ4v) is 3.48. The van der Waals surface area contributed by atoms with Gasteiger partial charge in [0.25, 0.3) is 0 Å². The predicted molar refractivity (Wildman–Crippen MR) is 89.6 cm³/mol. The summed E-state index contributed by atoms with van der Waals surface area (Å²) >= 11 is 0. The smallest absolute Gasteiger partial charge is 0.417 e. The van der Waals surface area contributed by atoms with Crippen molar-refractivity contribution in [2.45, 2.75) is 43.4 Å². The van der Waals surface area contributed by atoms with Gasteiger partial charge in [0.05, 0.1) is 16.0 Å². The van der Waals surface area contributed by atoms with Crippen molar-refractivity contribution in [1.29, 1.82) is 0 Å². The van der Waals surface area contributed by atoms with Gasteiger partial charge in [-0.1, -0.05) is 26.0 Å². The highest BCUT2D eigenvalue weighted by Gasteiger charge is 2.43. The van der Waals surface area contributed by atoms with Crippen LogP contribution in [0.25, 0.3) is 0 Å². The van der Waals surface area contributed by atoms with Gasteiger partial charge in [0.2, 0.25) is 0 Å². The Labute approximate surface area is 162 Å². The van der Waals surface area contributed by atoms with Gasteiger partial charge >= 0.3 is 12.4 Å². The quantitative estimate of drug-likeness (QED) is 0.426. The van der Waals surface area contributed by atoms with Crippen LogP contribution < -0.4 is 4.74 Å². The van der Waals surface area contributed by atoms with Crippen LogP contribution in [0.15, 0.2) is 41.3 Å². The molecule has 0 bridgehead atoms. The second kappa shape index (κ2) is 7.86. The first kappa shape index (κ1) is 23.0. The maximum absolute atomic E-state index is 13.2. The molecular formula is C18H15F6O4S-. The molecule has 2 rings (SSSR count). The molecule has 0 aliphatic heterocycles. The topological polar surface area (TPSA) is 66.4 Å². The lowest BCUT2D eigenvalue weighted by atomic mass is 9.99. The third-order valence-electron chi connectivity index (χ3n) is 4.22. The first-order chi connectivity index (χ1) is 13.1. The SMILES string of the molecule is CCC(C)c1ccc(Oc2cc(C(F)(F)F)c(S(=O)(=O)[O-])c(C(F)(F)F)c2)cc1. The van der Waals surface area contributed by atoms with Gasteiger partial charge in [-0.2, -0.15) is 26.3 Å². The standard InChI is InChI=1S/C18H16F6O4S/c1-3-10(2)11-4-6-12(7-5-11)28-13-8-14(17(19,20)21)16(29(25,26)27)15(9-13)18(22,23)24/h4-10H,3H2,1-2H3,(H,25,26,27)/p-1. The lowest BCUT2D eigenvalue weighted by Gasteiger charge is -2.22. The van der Waals surface area contributed by atoms with Gasteiger partial charge in [-0.15, -0.1) is 0 Å². The molecule has 29 heavy (non-hydrogen) atoms. The Morgan fingerprint density at radius 2 is 1.38 bits per heavy atom. The van der Waals surface area contributed by atoms with E-state index in [1.54, 1.807) is 12.1 Å². The molecule has 1 atom stereocenters. The van der Waals surface area contributed by atoms with E-state index in [1.165, 1.54) is 12.1 Å². The fraction of sp³-hybridized carbons (Fsp3) is 0.333. The molecule has 0 N–H and O–H groups in total. The number of halogens is 6. The van der Waals surface area contributed by atoms with Crippen LogP contribution in [0, 0.1) is 0 Å². The van der Waals surface area contributed by atoms with Crippen molar-refractivity contribution >= 4 is 10.1 Å². The van der Waals surface area contributed by atoms with E-state index in [0.717, 1.165) is 12.0 Å². The zero-order chi connectivity index (χ0) is 22.2. The van der Waals surface area contributed by atoms with Gasteiger partial charge in [-0.05, 0) is 42.2 Å². The molecule has 0 heterocycles. The Kier molecular flexibility index (Phi) is 6.24. The average molecular weight is 441 g/mol. The Morgan fingerprint density at radius 3 is 1.72 bits per heavy atom. The summed E-state index contributed by atoms with van der Waals surface area (Å²) in [5, 5.41) is 0. The number of rotatable bonds is 5. The average Bonchev–Trinajstić information content (AvgIpc) is 2.58. The minimum atomic E-state index is -6.08. The van der Waals surface area contributed by atoms with Crippen LogP contribution in [0.4, 0.5) is 26.3 Å². The highest BCUT2D eigenvalue weighted by atomic mass is 32.2. The maximum Gasteiger partial charge on any atom is 0.417 e. The number of hydrogen-bond donors (Lipinski definition) is 0. The van der Waals surface area contributed by atoms with Crippen molar-refractivity contribution in [1.82, 2.24) is 0 Å². The van der Waals surface area contributed by atoms with Crippen molar-refractivity contribution < 1.29 is 44.0 Å². The number of alkyl halides is 6. The third kappa shape index (κ3) is 5.41. The molecule has 0 amide bonds. The van der Waals surface area contributed by atoms with E-state index in [0.29, 0.717) is 0 Å². The van der Waals surface area contributed by atoms with Gasteiger partial charge in [-0.25, -0.2) is 8.42 Å². The van der Waals surface area contributed by atoms with E-state index in [4.69, 9.17) is 4.74 Å². The molecule has 11 heteroatoms. The minimum absolute atomic E-state index is 0.0581. The zero-order valence-corrected chi connectivity index (χ0v) is 15.9. The van der Waals surface area contributed by atoms with Crippen LogP contribution in [0.1, 0.15) is 42.9 Å². The zero-order valence-electron chi connectivity index (χ0n) is 15.1. The van der Waals surface area contributed by atoms with Gasteiger partial charge in [0.15, 0.2) is 0 Å². The third-order valence-corrected chi connectivity index (χ3v) is 5.16. The monoisotopic (exact) mass is 441 g/mol. The Hall–Kier alpha value is -2.27. The molecule has 0 aliphatic carbocycles. The van der Waals surface area contributed by atoms with Crippen LogP contribution in [0.5, 0.6) is 11.5 Å². The van der Waals surface area contributed by atoms with Crippen molar-refractivity contribution in [3.63, 3.8) is 0 Å². The minimum Gasteiger partial charge on any atom is -0.744 e. The number of ether oxygens (including phenoxy) is 1. The Bertz CT molecular complexity index is 944. The van der Waals surface area contributed by atoms with Crippen molar-refractivity contribution in [3.05, 3.63) is 53.1 Å². The summed E-state index contributed by atoms with van der Waals surface area (Å²) in [6.07, 6.45) is -10.3. The molecule has 0 fully saturated rings.